The fourth-order valence-corrected chi connectivity index (χ4v) is 1.28. The van der Waals surface area contributed by atoms with Gasteiger partial charge in [0.1, 0.15) is 17.2 Å². The number of aromatic hydroxyl groups is 3. The molecule has 3 rings (SSSR count). The zero-order valence-electron chi connectivity index (χ0n) is 11.9. The van der Waals surface area contributed by atoms with Crippen molar-refractivity contribution in [1.82, 2.24) is 0 Å². The number of para-hydroxylation sites is 3. The van der Waals surface area contributed by atoms with Crippen molar-refractivity contribution in [2.45, 2.75) is 0 Å². The van der Waals surface area contributed by atoms with Crippen LogP contribution < -0.4 is 0 Å². The predicted octanol–water partition coefficient (Wildman–Crippen LogP) is 3.80. The third-order valence-corrected chi connectivity index (χ3v) is 2.27. The van der Waals surface area contributed by atoms with E-state index in [1.165, 1.54) is 0 Å². The van der Waals surface area contributed by atoms with Gasteiger partial charge in [-0.05, 0) is 36.4 Å². The van der Waals surface area contributed by atoms with Crippen LogP contribution >= 0.6 is 0 Å². The second-order valence-electron chi connectivity index (χ2n) is 4.01. The average molecular weight is 357 g/mol. The first-order valence-electron chi connectivity index (χ1n) is 6.40. The van der Waals surface area contributed by atoms with Crippen molar-refractivity contribution in [2.75, 3.05) is 0 Å². The van der Waals surface area contributed by atoms with Gasteiger partial charge in [0.15, 0.2) is 0 Å². The van der Waals surface area contributed by atoms with Crippen LogP contribution in [-0.2, 0) is 0 Å². The quantitative estimate of drug-likeness (QED) is 0.537. The molecule has 0 amide bonds. The minimum Gasteiger partial charge on any atom is -0.508 e. The zero-order chi connectivity index (χ0) is 15.3. The predicted molar refractivity (Wildman–Crippen MR) is 90.1 cm³/mol. The first-order chi connectivity index (χ1) is 10.2. The summed E-state index contributed by atoms with van der Waals surface area (Å²) in [6, 6.07) is 26.1. The van der Waals surface area contributed by atoms with Crippen LogP contribution in [0.15, 0.2) is 91.0 Å². The average Bonchev–Trinajstić information content (AvgIpc) is 2.51. The minimum absolute atomic E-state index is 0. The summed E-state index contributed by atoms with van der Waals surface area (Å²) < 4.78 is 0. The molecule has 0 atom stereocenters. The molecular formula is C18H18AsO3. The second-order valence-corrected chi connectivity index (χ2v) is 4.01. The van der Waals surface area contributed by atoms with Gasteiger partial charge >= 0.3 is 0 Å². The molecule has 4 heteroatoms. The molecule has 0 aliphatic heterocycles. The number of phenolic OH excluding ortho intramolecular Hbond substituents is 3. The van der Waals surface area contributed by atoms with E-state index in [-0.39, 0.29) is 18.0 Å². The smallest absolute Gasteiger partial charge is 0.115 e. The Hall–Kier alpha value is -2.38. The molecule has 0 aromatic heterocycles. The van der Waals surface area contributed by atoms with E-state index in [4.69, 9.17) is 15.3 Å². The first kappa shape index (κ1) is 19.6. The normalized spacial score (nSPS) is 8.18. The maximum atomic E-state index is 8.63. The number of hydrogen-bond acceptors (Lipinski definition) is 3. The molecule has 0 fully saturated rings. The summed E-state index contributed by atoms with van der Waals surface area (Å²) >= 11 is 0. The summed E-state index contributed by atoms with van der Waals surface area (Å²) in [4.78, 5) is 0. The van der Waals surface area contributed by atoms with Crippen LogP contribution in [0.2, 0.25) is 0 Å². The molecule has 0 unspecified atom stereocenters. The molecule has 0 spiro atoms. The summed E-state index contributed by atoms with van der Waals surface area (Å²) in [5, 5.41) is 25.9. The van der Waals surface area contributed by atoms with Crippen LogP contribution in [0, 0.1) is 0 Å². The van der Waals surface area contributed by atoms with Gasteiger partial charge < -0.3 is 15.3 Å². The van der Waals surface area contributed by atoms with Crippen LogP contribution in [0.1, 0.15) is 0 Å². The third-order valence-electron chi connectivity index (χ3n) is 2.27. The molecule has 3 N–H and O–H groups in total. The maximum absolute atomic E-state index is 8.63. The molecule has 3 aromatic rings. The molecule has 22 heavy (non-hydrogen) atoms. The van der Waals surface area contributed by atoms with Gasteiger partial charge in [-0.15, -0.1) is 0 Å². The van der Waals surface area contributed by atoms with E-state index in [0.29, 0.717) is 17.2 Å². The number of hydrogen-bond donors (Lipinski definition) is 3. The molecule has 113 valence electrons. The summed E-state index contributed by atoms with van der Waals surface area (Å²) in [5.41, 5.74) is 0. The standard InChI is InChI=1S/3C6H6O.As/c3*7-6-4-2-1-3-5-6;/h3*1-5,7H;. The fourth-order valence-electron chi connectivity index (χ4n) is 1.28. The van der Waals surface area contributed by atoms with Gasteiger partial charge in [0.2, 0.25) is 0 Å². The van der Waals surface area contributed by atoms with E-state index >= 15 is 0 Å². The van der Waals surface area contributed by atoms with Gasteiger partial charge in [-0.1, -0.05) is 54.6 Å². The molecule has 0 saturated heterocycles. The third kappa shape index (κ3) is 10.4. The van der Waals surface area contributed by atoms with Crippen LogP contribution in [0.5, 0.6) is 17.2 Å². The molecule has 0 bridgehead atoms. The summed E-state index contributed by atoms with van der Waals surface area (Å²) in [6.45, 7) is 0. The Kier molecular flexibility index (Phi) is 11.0. The largest absolute Gasteiger partial charge is 0.508 e. The van der Waals surface area contributed by atoms with E-state index < -0.39 is 0 Å². The Balaban J connectivity index is 0.000000294. The van der Waals surface area contributed by atoms with E-state index in [2.05, 4.69) is 0 Å². The van der Waals surface area contributed by atoms with Crippen molar-refractivity contribution in [3.63, 3.8) is 0 Å². The monoisotopic (exact) mass is 357 g/mol. The molecule has 3 nitrogen and oxygen atoms in total. The van der Waals surface area contributed by atoms with Crippen LogP contribution in [0.3, 0.4) is 0 Å². The Morgan fingerprint density at radius 2 is 0.545 bits per heavy atom. The number of rotatable bonds is 0. The minimum atomic E-state index is 0. The maximum Gasteiger partial charge on any atom is 0.115 e. The van der Waals surface area contributed by atoms with Crippen molar-refractivity contribution in [1.29, 1.82) is 0 Å². The van der Waals surface area contributed by atoms with Crippen LogP contribution in [0.4, 0.5) is 0 Å². The molecule has 0 aliphatic carbocycles. The summed E-state index contributed by atoms with van der Waals surface area (Å²) in [7, 11) is 0. The molecule has 3 radical (unpaired) electrons. The van der Waals surface area contributed by atoms with Gasteiger partial charge in [0.05, 0.1) is 0 Å². The first-order valence-corrected chi connectivity index (χ1v) is 6.40. The van der Waals surface area contributed by atoms with Gasteiger partial charge in [0.25, 0.3) is 0 Å². The summed E-state index contributed by atoms with van der Waals surface area (Å²) in [5.74, 6) is 0.965. The molecule has 3 aromatic carbocycles. The summed E-state index contributed by atoms with van der Waals surface area (Å²) in [6.07, 6.45) is 0. The molecule has 0 saturated carbocycles. The van der Waals surface area contributed by atoms with E-state index in [0.717, 1.165) is 0 Å². The number of phenols is 3. The van der Waals surface area contributed by atoms with Crippen LogP contribution in [-0.4, -0.2) is 33.3 Å². The Bertz CT molecular complexity index is 497. The second kappa shape index (κ2) is 12.4. The van der Waals surface area contributed by atoms with Crippen molar-refractivity contribution in [2.24, 2.45) is 0 Å². The van der Waals surface area contributed by atoms with Crippen molar-refractivity contribution in [3.05, 3.63) is 91.0 Å². The molecule has 0 heterocycles. The molecular weight excluding hydrogens is 339 g/mol. The molecule has 0 aliphatic rings. The van der Waals surface area contributed by atoms with Gasteiger partial charge in [-0.2, -0.15) is 0 Å². The fraction of sp³-hybridized carbons (Fsp3) is 0. The van der Waals surface area contributed by atoms with Gasteiger partial charge in [-0.3, -0.25) is 0 Å². The van der Waals surface area contributed by atoms with E-state index in [1.54, 1.807) is 72.8 Å². The topological polar surface area (TPSA) is 60.7 Å². The van der Waals surface area contributed by atoms with Crippen molar-refractivity contribution in [3.8, 4) is 17.2 Å². The van der Waals surface area contributed by atoms with Crippen LogP contribution in [0.25, 0.3) is 0 Å². The van der Waals surface area contributed by atoms with E-state index in [1.807, 2.05) is 18.2 Å². The van der Waals surface area contributed by atoms with E-state index in [9.17, 15) is 0 Å². The van der Waals surface area contributed by atoms with Gasteiger partial charge in [0, 0.05) is 18.0 Å². The Morgan fingerprint density at radius 3 is 0.636 bits per heavy atom. The van der Waals surface area contributed by atoms with Crippen molar-refractivity contribution >= 4 is 18.0 Å². The Labute approximate surface area is 141 Å². The van der Waals surface area contributed by atoms with Gasteiger partial charge in [-0.25, -0.2) is 0 Å². The Morgan fingerprint density at radius 1 is 0.364 bits per heavy atom. The van der Waals surface area contributed by atoms with Crippen molar-refractivity contribution < 1.29 is 15.3 Å². The zero-order valence-corrected chi connectivity index (χ0v) is 13.8. The SMILES string of the molecule is Oc1ccccc1.Oc1ccccc1.Oc1ccccc1.[As]. The number of benzene rings is 3.